The van der Waals surface area contributed by atoms with Crippen molar-refractivity contribution in [1.29, 1.82) is 0 Å². The van der Waals surface area contributed by atoms with Crippen molar-refractivity contribution in [3.8, 4) is 17.1 Å². The van der Waals surface area contributed by atoms with E-state index in [1.165, 1.54) is 0 Å². The minimum atomic E-state index is -0.194. The first kappa shape index (κ1) is 18.2. The van der Waals surface area contributed by atoms with Crippen molar-refractivity contribution in [3.63, 3.8) is 0 Å². The van der Waals surface area contributed by atoms with Crippen molar-refractivity contribution in [3.05, 3.63) is 65.5 Å². The summed E-state index contributed by atoms with van der Waals surface area (Å²) in [4.78, 5) is 19.6. The summed E-state index contributed by atoms with van der Waals surface area (Å²) in [6.45, 7) is 2.65. The lowest BCUT2D eigenvalue weighted by Gasteiger charge is -2.33. The number of methoxy groups -OCH3 is 1. The summed E-state index contributed by atoms with van der Waals surface area (Å²) < 4.78 is 10.8. The Bertz CT molecular complexity index is 965. The molecule has 3 aromatic rings. The molecule has 6 heteroatoms. The molecule has 4 rings (SSSR count). The number of ether oxygens (including phenoxy) is 1. The predicted molar refractivity (Wildman–Crippen MR) is 105 cm³/mol. The van der Waals surface area contributed by atoms with Crippen molar-refractivity contribution in [1.82, 2.24) is 15.0 Å². The molecule has 1 amide bonds. The monoisotopic (exact) mass is 377 g/mol. The second-order valence-corrected chi connectivity index (χ2v) is 7.01. The molecule has 2 heterocycles. The van der Waals surface area contributed by atoms with E-state index < -0.39 is 0 Å². The Morgan fingerprint density at radius 1 is 1.14 bits per heavy atom. The summed E-state index contributed by atoms with van der Waals surface area (Å²) in [5.41, 5.74) is 2.55. The van der Waals surface area contributed by atoms with Crippen molar-refractivity contribution in [2.75, 3.05) is 13.7 Å². The lowest BCUT2D eigenvalue weighted by atomic mass is 9.99. The molecule has 0 saturated carbocycles. The predicted octanol–water partition coefficient (Wildman–Crippen LogP) is 4.42. The van der Waals surface area contributed by atoms with Crippen molar-refractivity contribution >= 4 is 5.91 Å². The standard InChI is InChI=1S/C22H23N3O3/c1-15-7-3-4-8-18(15)22(26)25-14-6-5-9-19(25)21-23-20(24-28-21)16-10-12-17(27-2)13-11-16/h3-4,7-8,10-13,19H,5-6,9,14H2,1-2H3. The fourth-order valence-electron chi connectivity index (χ4n) is 3.63. The first-order chi connectivity index (χ1) is 13.7. The van der Waals surface area contributed by atoms with E-state index in [1.54, 1.807) is 7.11 Å². The van der Waals surface area contributed by atoms with Crippen LogP contribution in [0.25, 0.3) is 11.4 Å². The van der Waals surface area contributed by atoms with Gasteiger partial charge >= 0.3 is 0 Å². The number of hydrogen-bond donors (Lipinski definition) is 0. The Balaban J connectivity index is 1.60. The lowest BCUT2D eigenvalue weighted by Crippen LogP contribution is -2.39. The molecule has 1 unspecified atom stereocenters. The van der Waals surface area contributed by atoms with Crippen molar-refractivity contribution < 1.29 is 14.1 Å². The van der Waals surface area contributed by atoms with Gasteiger partial charge in [-0.1, -0.05) is 23.4 Å². The Morgan fingerprint density at radius 2 is 1.93 bits per heavy atom. The van der Waals surface area contributed by atoms with Crippen LogP contribution in [0.2, 0.25) is 0 Å². The van der Waals surface area contributed by atoms with Gasteiger partial charge in [0, 0.05) is 17.7 Å². The van der Waals surface area contributed by atoms with Gasteiger partial charge in [0.15, 0.2) is 0 Å². The average Bonchev–Trinajstić information content (AvgIpc) is 3.24. The van der Waals surface area contributed by atoms with Gasteiger partial charge in [0.1, 0.15) is 11.8 Å². The van der Waals surface area contributed by atoms with Crippen LogP contribution >= 0.6 is 0 Å². The number of likely N-dealkylation sites (tertiary alicyclic amines) is 1. The fourth-order valence-corrected chi connectivity index (χ4v) is 3.63. The first-order valence-corrected chi connectivity index (χ1v) is 9.52. The van der Waals surface area contributed by atoms with E-state index in [4.69, 9.17) is 9.26 Å². The molecule has 6 nitrogen and oxygen atoms in total. The molecule has 28 heavy (non-hydrogen) atoms. The second-order valence-electron chi connectivity index (χ2n) is 7.01. The second kappa shape index (κ2) is 7.84. The van der Waals surface area contributed by atoms with Gasteiger partial charge in [0.05, 0.1) is 7.11 Å². The summed E-state index contributed by atoms with van der Waals surface area (Å²) in [7, 11) is 1.63. The Hall–Kier alpha value is -3.15. The molecule has 1 atom stereocenters. The quantitative estimate of drug-likeness (QED) is 0.673. The third-order valence-corrected chi connectivity index (χ3v) is 5.21. The molecule has 0 bridgehead atoms. The normalized spacial score (nSPS) is 16.8. The topological polar surface area (TPSA) is 68.5 Å². The summed E-state index contributed by atoms with van der Waals surface area (Å²) in [5.74, 6) is 1.81. The Morgan fingerprint density at radius 3 is 2.68 bits per heavy atom. The molecule has 0 aliphatic carbocycles. The highest BCUT2D eigenvalue weighted by atomic mass is 16.5. The molecular weight excluding hydrogens is 354 g/mol. The third-order valence-electron chi connectivity index (χ3n) is 5.21. The number of carbonyl (C=O) groups excluding carboxylic acids is 1. The molecule has 2 aromatic carbocycles. The first-order valence-electron chi connectivity index (χ1n) is 9.52. The molecule has 144 valence electrons. The SMILES string of the molecule is COc1ccc(-c2noc(C3CCCCN3C(=O)c3ccccc3C)n2)cc1. The summed E-state index contributed by atoms with van der Waals surface area (Å²) in [5, 5.41) is 4.14. The summed E-state index contributed by atoms with van der Waals surface area (Å²) in [6.07, 6.45) is 2.83. The maximum atomic E-state index is 13.2. The van der Waals surface area contributed by atoms with Crippen LogP contribution in [0.5, 0.6) is 5.75 Å². The highest BCUT2D eigenvalue weighted by molar-refractivity contribution is 5.95. The number of nitrogens with zero attached hydrogens (tertiary/aromatic N) is 3. The number of benzene rings is 2. The van der Waals surface area contributed by atoms with Crippen LogP contribution in [0.1, 0.15) is 47.1 Å². The number of rotatable bonds is 4. The molecule has 0 N–H and O–H groups in total. The van der Waals surface area contributed by atoms with Gasteiger partial charge in [0.2, 0.25) is 11.7 Å². The fraction of sp³-hybridized carbons (Fsp3) is 0.318. The van der Waals surface area contributed by atoms with Gasteiger partial charge in [-0.2, -0.15) is 4.98 Å². The number of aromatic nitrogens is 2. The highest BCUT2D eigenvalue weighted by Crippen LogP contribution is 2.33. The molecule has 1 aromatic heterocycles. The largest absolute Gasteiger partial charge is 0.497 e. The van der Waals surface area contributed by atoms with E-state index in [0.717, 1.165) is 41.7 Å². The maximum Gasteiger partial charge on any atom is 0.254 e. The molecule has 1 saturated heterocycles. The van der Waals surface area contributed by atoms with Crippen molar-refractivity contribution in [2.45, 2.75) is 32.2 Å². The van der Waals surface area contributed by atoms with Crippen LogP contribution in [0.15, 0.2) is 53.1 Å². The molecule has 0 radical (unpaired) electrons. The van der Waals surface area contributed by atoms with E-state index in [9.17, 15) is 4.79 Å². The van der Waals surface area contributed by atoms with E-state index in [-0.39, 0.29) is 11.9 Å². The molecule has 1 fully saturated rings. The van der Waals surface area contributed by atoms with Crippen LogP contribution in [-0.4, -0.2) is 34.6 Å². The van der Waals surface area contributed by atoms with Crippen LogP contribution in [0.3, 0.4) is 0 Å². The molecular formula is C22H23N3O3. The van der Waals surface area contributed by atoms with E-state index in [1.807, 2.05) is 60.4 Å². The number of carbonyl (C=O) groups is 1. The zero-order valence-corrected chi connectivity index (χ0v) is 16.1. The van der Waals surface area contributed by atoms with Gasteiger partial charge in [-0.05, 0) is 62.1 Å². The van der Waals surface area contributed by atoms with Crippen LogP contribution < -0.4 is 4.74 Å². The molecule has 0 spiro atoms. The summed E-state index contributed by atoms with van der Waals surface area (Å²) >= 11 is 0. The minimum Gasteiger partial charge on any atom is -0.497 e. The number of hydrogen-bond acceptors (Lipinski definition) is 5. The zero-order chi connectivity index (χ0) is 19.5. The number of piperidine rings is 1. The highest BCUT2D eigenvalue weighted by Gasteiger charge is 2.33. The van der Waals surface area contributed by atoms with Gasteiger partial charge in [-0.3, -0.25) is 4.79 Å². The van der Waals surface area contributed by atoms with E-state index in [0.29, 0.717) is 18.3 Å². The van der Waals surface area contributed by atoms with E-state index >= 15 is 0 Å². The maximum absolute atomic E-state index is 13.2. The number of aryl methyl sites for hydroxylation is 1. The van der Waals surface area contributed by atoms with E-state index in [2.05, 4.69) is 10.1 Å². The summed E-state index contributed by atoms with van der Waals surface area (Å²) in [6, 6.07) is 15.0. The van der Waals surface area contributed by atoms with Gasteiger partial charge in [-0.15, -0.1) is 0 Å². The zero-order valence-electron chi connectivity index (χ0n) is 16.1. The van der Waals surface area contributed by atoms with Gasteiger partial charge in [-0.25, -0.2) is 0 Å². The van der Waals surface area contributed by atoms with Gasteiger partial charge in [0.25, 0.3) is 5.91 Å². The lowest BCUT2D eigenvalue weighted by molar-refractivity contribution is 0.0560. The van der Waals surface area contributed by atoms with Gasteiger partial charge < -0.3 is 14.2 Å². The Labute approximate surface area is 164 Å². The Kier molecular flexibility index (Phi) is 5.10. The van der Waals surface area contributed by atoms with Crippen LogP contribution in [0, 0.1) is 6.92 Å². The smallest absolute Gasteiger partial charge is 0.254 e. The minimum absolute atomic E-state index is 0.0204. The van der Waals surface area contributed by atoms with Crippen LogP contribution in [0.4, 0.5) is 0 Å². The molecule has 1 aliphatic rings. The number of amides is 1. The average molecular weight is 377 g/mol. The third kappa shape index (κ3) is 3.50. The van der Waals surface area contributed by atoms with Crippen molar-refractivity contribution in [2.24, 2.45) is 0 Å². The molecule has 1 aliphatic heterocycles. The van der Waals surface area contributed by atoms with Crippen LogP contribution in [-0.2, 0) is 0 Å².